The van der Waals surface area contributed by atoms with Gasteiger partial charge in [-0.15, -0.1) is 0 Å². The van der Waals surface area contributed by atoms with Gasteiger partial charge in [-0.3, -0.25) is 0 Å². The van der Waals surface area contributed by atoms with E-state index in [1.807, 2.05) is 0 Å². The molecule has 0 aromatic rings. The number of rotatable bonds is 3. The molecule has 4 nitrogen and oxygen atoms in total. The molecule has 2 bridgehead atoms. The lowest BCUT2D eigenvalue weighted by Gasteiger charge is -2.31. The van der Waals surface area contributed by atoms with E-state index in [9.17, 15) is 8.42 Å². The van der Waals surface area contributed by atoms with Crippen LogP contribution in [0.3, 0.4) is 0 Å². The van der Waals surface area contributed by atoms with Gasteiger partial charge in [0.05, 0.1) is 6.26 Å². The van der Waals surface area contributed by atoms with Crippen molar-refractivity contribution >= 4 is 10.0 Å². The summed E-state index contributed by atoms with van der Waals surface area (Å²) in [4.78, 5) is 0. The molecule has 0 amide bonds. The molecule has 2 saturated heterocycles. The third kappa shape index (κ3) is 2.71. The Hall–Kier alpha value is -0.130. The lowest BCUT2D eigenvalue weighted by molar-refractivity contribution is 0.262. The van der Waals surface area contributed by atoms with Gasteiger partial charge < -0.3 is 5.32 Å². The van der Waals surface area contributed by atoms with Crippen molar-refractivity contribution in [1.29, 1.82) is 0 Å². The minimum atomic E-state index is -3.00. The van der Waals surface area contributed by atoms with Crippen LogP contribution in [0.5, 0.6) is 0 Å². The summed E-state index contributed by atoms with van der Waals surface area (Å²) in [7, 11) is -1.32. The molecule has 0 aromatic carbocycles. The van der Waals surface area contributed by atoms with Gasteiger partial charge in [-0.25, -0.2) is 12.7 Å². The van der Waals surface area contributed by atoms with Gasteiger partial charge in [0.1, 0.15) is 0 Å². The molecule has 2 aliphatic rings. The second-order valence-electron chi connectivity index (χ2n) is 5.02. The maximum absolute atomic E-state index is 11.3. The van der Waals surface area contributed by atoms with Crippen LogP contribution in [0.4, 0.5) is 0 Å². The molecule has 0 radical (unpaired) electrons. The highest BCUT2D eigenvalue weighted by atomic mass is 32.2. The summed E-state index contributed by atoms with van der Waals surface area (Å²) in [6.07, 6.45) is 6.09. The molecule has 2 fully saturated rings. The zero-order valence-electron chi connectivity index (χ0n) is 9.44. The zero-order valence-corrected chi connectivity index (χ0v) is 10.3. The Bertz CT molecular complexity index is 316. The maximum atomic E-state index is 11.3. The molecule has 2 heterocycles. The Labute approximate surface area is 92.1 Å². The van der Waals surface area contributed by atoms with Gasteiger partial charge in [0, 0.05) is 25.7 Å². The van der Waals surface area contributed by atoms with Gasteiger partial charge in [0.25, 0.3) is 0 Å². The third-order valence-electron chi connectivity index (χ3n) is 3.65. The first-order valence-corrected chi connectivity index (χ1v) is 7.47. The number of hydrogen-bond acceptors (Lipinski definition) is 3. The first kappa shape index (κ1) is 11.4. The van der Waals surface area contributed by atoms with Crippen LogP contribution < -0.4 is 5.32 Å². The van der Waals surface area contributed by atoms with Gasteiger partial charge in [-0.1, -0.05) is 0 Å². The average Bonchev–Trinajstić information content (AvgIpc) is 2.44. The van der Waals surface area contributed by atoms with E-state index >= 15 is 0 Å². The molecule has 15 heavy (non-hydrogen) atoms. The van der Waals surface area contributed by atoms with E-state index in [0.29, 0.717) is 24.5 Å². The van der Waals surface area contributed by atoms with Crippen LogP contribution >= 0.6 is 0 Å². The van der Waals surface area contributed by atoms with Crippen molar-refractivity contribution in [1.82, 2.24) is 9.62 Å². The minimum absolute atomic E-state index is 0.545. The summed E-state index contributed by atoms with van der Waals surface area (Å²) in [5.41, 5.74) is 0. The molecule has 0 aliphatic carbocycles. The average molecular weight is 232 g/mol. The van der Waals surface area contributed by atoms with E-state index in [2.05, 4.69) is 5.32 Å². The molecule has 1 N–H and O–H groups in total. The van der Waals surface area contributed by atoms with Crippen LogP contribution in [0, 0.1) is 5.92 Å². The predicted molar refractivity (Wildman–Crippen MR) is 60.1 cm³/mol. The standard InChI is InChI=1S/C10H20N2O2S/c1-12(15(2,13)14)7-8-5-9-3-4-10(6-8)11-9/h8-11H,3-7H2,1-2H3. The van der Waals surface area contributed by atoms with E-state index in [1.54, 1.807) is 7.05 Å². The molecule has 2 unspecified atom stereocenters. The number of piperidine rings is 1. The van der Waals surface area contributed by atoms with Gasteiger partial charge in [-0.2, -0.15) is 0 Å². The third-order valence-corrected chi connectivity index (χ3v) is 4.93. The summed E-state index contributed by atoms with van der Waals surface area (Å²) in [5.74, 6) is 0.545. The lowest BCUT2D eigenvalue weighted by atomic mass is 9.92. The fourth-order valence-corrected chi connectivity index (χ4v) is 3.30. The molecular weight excluding hydrogens is 212 g/mol. The first-order chi connectivity index (χ1) is 6.95. The van der Waals surface area contributed by atoms with E-state index < -0.39 is 10.0 Å². The molecule has 2 atom stereocenters. The van der Waals surface area contributed by atoms with Crippen molar-refractivity contribution in [2.45, 2.75) is 37.8 Å². The first-order valence-electron chi connectivity index (χ1n) is 5.62. The molecule has 2 rings (SSSR count). The van der Waals surface area contributed by atoms with Crippen molar-refractivity contribution < 1.29 is 8.42 Å². The topological polar surface area (TPSA) is 49.4 Å². The quantitative estimate of drug-likeness (QED) is 0.766. The van der Waals surface area contributed by atoms with E-state index in [1.165, 1.54) is 23.4 Å². The molecule has 0 saturated carbocycles. The molecular formula is C10H20N2O2S. The highest BCUT2D eigenvalue weighted by Crippen LogP contribution is 2.31. The zero-order chi connectivity index (χ0) is 11.1. The Morgan fingerprint density at radius 1 is 1.27 bits per heavy atom. The van der Waals surface area contributed by atoms with Gasteiger partial charge in [-0.05, 0) is 31.6 Å². The monoisotopic (exact) mass is 232 g/mol. The SMILES string of the molecule is CN(CC1CC2CCC(C1)N2)S(C)(=O)=O. The van der Waals surface area contributed by atoms with Gasteiger partial charge in [0.15, 0.2) is 0 Å². The van der Waals surface area contributed by atoms with Crippen molar-refractivity contribution in [3.8, 4) is 0 Å². The molecule has 0 aromatic heterocycles. The van der Waals surface area contributed by atoms with Crippen LogP contribution in [0.2, 0.25) is 0 Å². The molecule has 2 aliphatic heterocycles. The van der Waals surface area contributed by atoms with Crippen LogP contribution in [-0.4, -0.2) is 44.7 Å². The second kappa shape index (κ2) is 4.03. The molecule has 5 heteroatoms. The van der Waals surface area contributed by atoms with Gasteiger partial charge >= 0.3 is 0 Å². The number of nitrogens with zero attached hydrogens (tertiary/aromatic N) is 1. The number of hydrogen-bond donors (Lipinski definition) is 1. The van der Waals surface area contributed by atoms with Crippen LogP contribution in [-0.2, 0) is 10.0 Å². The normalized spacial score (nSPS) is 36.1. The summed E-state index contributed by atoms with van der Waals surface area (Å²) in [6, 6.07) is 1.28. The minimum Gasteiger partial charge on any atom is -0.311 e. The van der Waals surface area contributed by atoms with Crippen molar-refractivity contribution in [3.63, 3.8) is 0 Å². The fourth-order valence-electron chi connectivity index (χ4n) is 2.82. The van der Waals surface area contributed by atoms with Crippen molar-refractivity contribution in [3.05, 3.63) is 0 Å². The Kier molecular flexibility index (Phi) is 3.05. The van der Waals surface area contributed by atoms with Crippen molar-refractivity contribution in [2.24, 2.45) is 5.92 Å². The lowest BCUT2D eigenvalue weighted by Crippen LogP contribution is -2.42. The summed E-state index contributed by atoms with van der Waals surface area (Å²) < 4.78 is 24.1. The largest absolute Gasteiger partial charge is 0.311 e. The second-order valence-corrected chi connectivity index (χ2v) is 7.11. The number of sulfonamides is 1. The number of fused-ring (bicyclic) bond motifs is 2. The van der Waals surface area contributed by atoms with E-state index in [4.69, 9.17) is 0 Å². The summed E-state index contributed by atoms with van der Waals surface area (Å²) in [5, 5.41) is 3.56. The van der Waals surface area contributed by atoms with Crippen molar-refractivity contribution in [2.75, 3.05) is 19.8 Å². The van der Waals surface area contributed by atoms with E-state index in [-0.39, 0.29) is 0 Å². The molecule has 0 spiro atoms. The van der Waals surface area contributed by atoms with Crippen LogP contribution in [0.15, 0.2) is 0 Å². The Balaban J connectivity index is 1.91. The summed E-state index contributed by atoms with van der Waals surface area (Å²) in [6.45, 7) is 0.688. The van der Waals surface area contributed by atoms with Crippen LogP contribution in [0.1, 0.15) is 25.7 Å². The Morgan fingerprint density at radius 3 is 2.27 bits per heavy atom. The molecule has 88 valence electrons. The Morgan fingerprint density at radius 2 is 1.80 bits per heavy atom. The smallest absolute Gasteiger partial charge is 0.210 e. The maximum Gasteiger partial charge on any atom is 0.210 e. The highest BCUT2D eigenvalue weighted by Gasteiger charge is 2.34. The predicted octanol–water partition coefficient (Wildman–Crippen LogP) is 0.408. The fraction of sp³-hybridized carbons (Fsp3) is 1.00. The summed E-state index contributed by atoms with van der Waals surface area (Å²) >= 11 is 0. The highest BCUT2D eigenvalue weighted by molar-refractivity contribution is 7.88. The number of nitrogens with one attached hydrogen (secondary N) is 1. The van der Waals surface area contributed by atoms with E-state index in [0.717, 1.165) is 12.8 Å². The van der Waals surface area contributed by atoms with Crippen LogP contribution in [0.25, 0.3) is 0 Å². The van der Waals surface area contributed by atoms with Gasteiger partial charge in [0.2, 0.25) is 10.0 Å².